The standard InChI is InChI=1S/C14H26N4O/c1-12(2)6-9-19-10-7-15-11-14-17-16-13-5-3-4-8-18(13)14/h12,15H,3-11H2,1-2H3. The van der Waals surface area contributed by atoms with Crippen molar-refractivity contribution >= 4 is 0 Å². The van der Waals surface area contributed by atoms with Crippen LogP contribution in [0.4, 0.5) is 0 Å². The Kier molecular flexibility index (Phi) is 5.79. The highest BCUT2D eigenvalue weighted by Gasteiger charge is 2.14. The van der Waals surface area contributed by atoms with Crippen molar-refractivity contribution in [3.63, 3.8) is 0 Å². The van der Waals surface area contributed by atoms with Crippen molar-refractivity contribution in [3.8, 4) is 0 Å². The lowest BCUT2D eigenvalue weighted by molar-refractivity contribution is 0.125. The summed E-state index contributed by atoms with van der Waals surface area (Å²) in [4.78, 5) is 0. The van der Waals surface area contributed by atoms with Gasteiger partial charge in [-0.2, -0.15) is 0 Å². The monoisotopic (exact) mass is 266 g/mol. The molecule has 0 aromatic carbocycles. The lowest BCUT2D eigenvalue weighted by Gasteiger charge is -2.14. The topological polar surface area (TPSA) is 52.0 Å². The second-order valence-electron chi connectivity index (χ2n) is 5.61. The van der Waals surface area contributed by atoms with Crippen molar-refractivity contribution in [1.82, 2.24) is 20.1 Å². The second kappa shape index (κ2) is 7.60. The van der Waals surface area contributed by atoms with Gasteiger partial charge in [-0.3, -0.25) is 0 Å². The Morgan fingerprint density at radius 1 is 1.26 bits per heavy atom. The third kappa shape index (κ3) is 4.58. The summed E-state index contributed by atoms with van der Waals surface area (Å²) in [5.74, 6) is 2.93. The highest BCUT2D eigenvalue weighted by Crippen LogP contribution is 2.13. The Morgan fingerprint density at radius 2 is 2.16 bits per heavy atom. The molecule has 0 fully saturated rings. The zero-order valence-corrected chi connectivity index (χ0v) is 12.2. The van der Waals surface area contributed by atoms with Gasteiger partial charge in [-0.25, -0.2) is 0 Å². The molecule has 0 saturated carbocycles. The molecule has 5 nitrogen and oxygen atoms in total. The number of ether oxygens (including phenoxy) is 1. The Hall–Kier alpha value is -0.940. The zero-order chi connectivity index (χ0) is 13.5. The van der Waals surface area contributed by atoms with E-state index < -0.39 is 0 Å². The van der Waals surface area contributed by atoms with E-state index >= 15 is 0 Å². The van der Waals surface area contributed by atoms with E-state index in [1.807, 2.05) is 0 Å². The summed E-state index contributed by atoms with van der Waals surface area (Å²) in [6.45, 7) is 8.81. The first-order chi connectivity index (χ1) is 9.27. The molecule has 0 aliphatic carbocycles. The summed E-state index contributed by atoms with van der Waals surface area (Å²) in [6.07, 6.45) is 4.70. The van der Waals surface area contributed by atoms with E-state index in [0.717, 1.165) is 63.3 Å². The Morgan fingerprint density at radius 3 is 3.00 bits per heavy atom. The normalized spacial score (nSPS) is 14.9. The van der Waals surface area contributed by atoms with Crippen LogP contribution in [0.15, 0.2) is 0 Å². The summed E-state index contributed by atoms with van der Waals surface area (Å²) in [5.41, 5.74) is 0. The average Bonchev–Trinajstić information content (AvgIpc) is 2.81. The molecule has 1 aromatic heterocycles. The Balaban J connectivity index is 1.60. The largest absolute Gasteiger partial charge is 0.380 e. The predicted molar refractivity (Wildman–Crippen MR) is 74.9 cm³/mol. The minimum absolute atomic E-state index is 0.718. The molecule has 0 spiro atoms. The number of aromatic nitrogens is 3. The van der Waals surface area contributed by atoms with E-state index in [9.17, 15) is 0 Å². The molecule has 1 N–H and O–H groups in total. The van der Waals surface area contributed by atoms with Crippen LogP contribution in [-0.2, 0) is 24.2 Å². The van der Waals surface area contributed by atoms with Crippen LogP contribution in [0.1, 0.15) is 44.8 Å². The van der Waals surface area contributed by atoms with Gasteiger partial charge in [-0.15, -0.1) is 10.2 Å². The summed E-state index contributed by atoms with van der Waals surface area (Å²) in [7, 11) is 0. The molecule has 2 rings (SSSR count). The van der Waals surface area contributed by atoms with Crippen LogP contribution < -0.4 is 5.32 Å². The Labute approximate surface area is 115 Å². The Bertz CT molecular complexity index is 376. The summed E-state index contributed by atoms with van der Waals surface area (Å²) in [5, 5.41) is 11.9. The first kappa shape index (κ1) is 14.5. The van der Waals surface area contributed by atoms with Gasteiger partial charge in [0.25, 0.3) is 0 Å². The van der Waals surface area contributed by atoms with Gasteiger partial charge in [0.05, 0.1) is 13.2 Å². The van der Waals surface area contributed by atoms with Crippen LogP contribution in [-0.4, -0.2) is 34.5 Å². The van der Waals surface area contributed by atoms with Gasteiger partial charge in [-0.1, -0.05) is 13.8 Å². The lowest BCUT2D eigenvalue weighted by atomic mass is 10.1. The average molecular weight is 266 g/mol. The number of hydrogen-bond acceptors (Lipinski definition) is 4. The SMILES string of the molecule is CC(C)CCOCCNCc1nnc2n1CCCC2. The molecule has 0 bridgehead atoms. The first-order valence-corrected chi connectivity index (χ1v) is 7.47. The highest BCUT2D eigenvalue weighted by molar-refractivity contribution is 4.98. The smallest absolute Gasteiger partial charge is 0.147 e. The first-order valence-electron chi connectivity index (χ1n) is 7.47. The van der Waals surface area contributed by atoms with Crippen LogP contribution in [0.25, 0.3) is 0 Å². The molecule has 0 radical (unpaired) electrons. The lowest BCUT2D eigenvalue weighted by Crippen LogP contribution is -2.23. The highest BCUT2D eigenvalue weighted by atomic mass is 16.5. The summed E-state index contributed by atoms with van der Waals surface area (Å²) >= 11 is 0. The van der Waals surface area contributed by atoms with Crippen LogP contribution in [0.2, 0.25) is 0 Å². The molecule has 1 aliphatic rings. The maximum Gasteiger partial charge on any atom is 0.147 e. The van der Waals surface area contributed by atoms with Gasteiger partial charge < -0.3 is 14.6 Å². The quantitative estimate of drug-likeness (QED) is 0.729. The maximum atomic E-state index is 5.57. The molecule has 1 aliphatic heterocycles. The van der Waals surface area contributed by atoms with Gasteiger partial charge in [0.1, 0.15) is 11.6 Å². The third-order valence-electron chi connectivity index (χ3n) is 3.48. The van der Waals surface area contributed by atoms with E-state index in [2.05, 4.69) is 33.9 Å². The van der Waals surface area contributed by atoms with Crippen LogP contribution in [0.3, 0.4) is 0 Å². The second-order valence-corrected chi connectivity index (χ2v) is 5.61. The van der Waals surface area contributed by atoms with Crippen LogP contribution >= 0.6 is 0 Å². The van der Waals surface area contributed by atoms with Gasteiger partial charge in [0.15, 0.2) is 0 Å². The number of nitrogens with one attached hydrogen (secondary N) is 1. The number of fused-ring (bicyclic) bond motifs is 1. The van der Waals surface area contributed by atoms with E-state index in [1.54, 1.807) is 0 Å². The van der Waals surface area contributed by atoms with Crippen molar-refractivity contribution in [1.29, 1.82) is 0 Å². The van der Waals surface area contributed by atoms with Crippen molar-refractivity contribution in [3.05, 3.63) is 11.6 Å². The van der Waals surface area contributed by atoms with E-state index in [0.29, 0.717) is 0 Å². The van der Waals surface area contributed by atoms with E-state index in [-0.39, 0.29) is 0 Å². The fourth-order valence-corrected chi connectivity index (χ4v) is 2.26. The number of nitrogens with zero attached hydrogens (tertiary/aromatic N) is 3. The molecule has 0 amide bonds. The fraction of sp³-hybridized carbons (Fsp3) is 0.857. The van der Waals surface area contributed by atoms with Gasteiger partial charge >= 0.3 is 0 Å². The fourth-order valence-electron chi connectivity index (χ4n) is 2.26. The van der Waals surface area contributed by atoms with Crippen molar-refractivity contribution < 1.29 is 4.74 Å². The number of hydrogen-bond donors (Lipinski definition) is 1. The minimum Gasteiger partial charge on any atom is -0.380 e. The molecule has 19 heavy (non-hydrogen) atoms. The molecule has 2 heterocycles. The van der Waals surface area contributed by atoms with Crippen molar-refractivity contribution in [2.75, 3.05) is 19.8 Å². The zero-order valence-electron chi connectivity index (χ0n) is 12.2. The molecular formula is C14H26N4O. The van der Waals surface area contributed by atoms with Crippen molar-refractivity contribution in [2.45, 2.75) is 52.6 Å². The van der Waals surface area contributed by atoms with Gasteiger partial charge in [-0.05, 0) is 25.2 Å². The van der Waals surface area contributed by atoms with Gasteiger partial charge in [0.2, 0.25) is 0 Å². The van der Waals surface area contributed by atoms with Gasteiger partial charge in [0, 0.05) is 26.1 Å². The summed E-state index contributed by atoms with van der Waals surface area (Å²) < 4.78 is 7.83. The van der Waals surface area contributed by atoms with Crippen molar-refractivity contribution in [2.24, 2.45) is 5.92 Å². The molecule has 5 heteroatoms. The van der Waals surface area contributed by atoms with Crippen LogP contribution in [0.5, 0.6) is 0 Å². The molecular weight excluding hydrogens is 240 g/mol. The number of aryl methyl sites for hydroxylation is 1. The third-order valence-corrected chi connectivity index (χ3v) is 3.48. The molecule has 0 unspecified atom stereocenters. The summed E-state index contributed by atoms with van der Waals surface area (Å²) in [6, 6.07) is 0. The van der Waals surface area contributed by atoms with E-state index in [4.69, 9.17) is 4.74 Å². The molecule has 0 saturated heterocycles. The van der Waals surface area contributed by atoms with Crippen LogP contribution in [0, 0.1) is 5.92 Å². The number of rotatable bonds is 8. The predicted octanol–water partition coefficient (Wildman–Crippen LogP) is 1.77. The molecule has 1 aromatic rings. The molecule has 108 valence electrons. The van der Waals surface area contributed by atoms with E-state index in [1.165, 1.54) is 12.8 Å². The minimum atomic E-state index is 0.718. The molecule has 0 atom stereocenters. The maximum absolute atomic E-state index is 5.57.